The zero-order valence-corrected chi connectivity index (χ0v) is 15.2. The summed E-state index contributed by atoms with van der Waals surface area (Å²) >= 11 is 0. The monoisotopic (exact) mass is 388 g/mol. The lowest BCUT2D eigenvalue weighted by molar-refractivity contribution is 0.386. The molecule has 0 spiro atoms. The highest BCUT2D eigenvalue weighted by Gasteiger charge is 2.18. The molecule has 0 aliphatic carbocycles. The number of halogens is 1. The quantitative estimate of drug-likeness (QED) is 0.326. The lowest BCUT2D eigenvalue weighted by Gasteiger charge is -2.03. The number of ether oxygens (including phenoxy) is 1. The molecule has 3 aromatic carbocycles. The smallest absolute Gasteiger partial charge is 0.349 e. The topological polar surface area (TPSA) is 78.4 Å². The van der Waals surface area contributed by atoms with E-state index in [1.54, 1.807) is 18.2 Å². The van der Waals surface area contributed by atoms with Crippen molar-refractivity contribution >= 4 is 21.7 Å². The maximum absolute atomic E-state index is 14.0. The van der Waals surface area contributed by atoms with Crippen LogP contribution in [0.5, 0.6) is 5.75 Å². The fourth-order valence-electron chi connectivity index (χ4n) is 3.28. The highest BCUT2D eigenvalue weighted by atomic mass is 19.1. The van der Waals surface area contributed by atoms with E-state index in [0.717, 1.165) is 16.2 Å². The normalized spacial score (nSPS) is 11.2. The van der Waals surface area contributed by atoms with Crippen LogP contribution in [-0.2, 0) is 0 Å². The Labute approximate surface area is 163 Å². The molecule has 0 bridgehead atoms. The average molecular weight is 388 g/mol. The van der Waals surface area contributed by atoms with Gasteiger partial charge in [0.25, 0.3) is 5.89 Å². The third kappa shape index (κ3) is 2.84. The predicted octanol–water partition coefficient (Wildman–Crippen LogP) is 4.81. The lowest BCUT2D eigenvalue weighted by Crippen LogP contribution is -2.03. The van der Waals surface area contributed by atoms with E-state index in [0.29, 0.717) is 11.1 Å². The molecular formula is C22H13FN2O4. The van der Waals surface area contributed by atoms with Crippen molar-refractivity contribution in [3.8, 4) is 28.6 Å². The molecule has 0 N–H and O–H groups in total. The SMILES string of the molecule is COc1ccc(-c2noc(-c3cc4c(ccc5ccccc54)oc3=O)n2)cc1F. The Morgan fingerprint density at radius 1 is 1.00 bits per heavy atom. The number of nitrogens with zero attached hydrogens (tertiary/aromatic N) is 2. The minimum Gasteiger partial charge on any atom is -0.494 e. The van der Waals surface area contributed by atoms with Crippen molar-refractivity contribution in [1.82, 2.24) is 10.1 Å². The summed E-state index contributed by atoms with van der Waals surface area (Å²) in [6.07, 6.45) is 0. The van der Waals surface area contributed by atoms with Gasteiger partial charge in [-0.2, -0.15) is 4.98 Å². The minimum atomic E-state index is -0.594. The summed E-state index contributed by atoms with van der Waals surface area (Å²) in [5.41, 5.74) is 0.411. The number of hydrogen-bond donors (Lipinski definition) is 0. The third-order valence-electron chi connectivity index (χ3n) is 4.71. The Morgan fingerprint density at radius 2 is 1.86 bits per heavy atom. The number of rotatable bonds is 3. The molecule has 0 aliphatic heterocycles. The van der Waals surface area contributed by atoms with Gasteiger partial charge in [-0.3, -0.25) is 0 Å². The molecule has 6 nitrogen and oxygen atoms in total. The Kier molecular flexibility index (Phi) is 3.87. The molecule has 0 amide bonds. The third-order valence-corrected chi connectivity index (χ3v) is 4.71. The van der Waals surface area contributed by atoms with Gasteiger partial charge in [-0.15, -0.1) is 0 Å². The Bertz CT molecular complexity index is 1440. The van der Waals surface area contributed by atoms with Gasteiger partial charge in [0.1, 0.15) is 11.1 Å². The van der Waals surface area contributed by atoms with Crippen LogP contribution in [0.25, 0.3) is 44.6 Å². The van der Waals surface area contributed by atoms with Crippen LogP contribution in [0.4, 0.5) is 4.39 Å². The zero-order valence-electron chi connectivity index (χ0n) is 15.2. The number of aromatic nitrogens is 2. The van der Waals surface area contributed by atoms with Crippen LogP contribution in [0.15, 0.2) is 74.4 Å². The summed E-state index contributed by atoms with van der Waals surface area (Å²) < 4.78 is 29.6. The molecule has 142 valence electrons. The maximum Gasteiger partial charge on any atom is 0.349 e. The first kappa shape index (κ1) is 17.1. The standard InChI is InChI=1S/C22H13FN2O4/c1-27-19-9-7-13(10-17(19)23)20-24-21(29-25-20)16-11-15-14-5-3-2-4-12(14)6-8-18(15)28-22(16)26/h2-11H,1H3. The first-order chi connectivity index (χ1) is 14.1. The van der Waals surface area contributed by atoms with E-state index in [9.17, 15) is 9.18 Å². The van der Waals surface area contributed by atoms with Crippen LogP contribution >= 0.6 is 0 Å². The molecule has 0 radical (unpaired) electrons. The van der Waals surface area contributed by atoms with Gasteiger partial charge in [0, 0.05) is 10.9 Å². The van der Waals surface area contributed by atoms with Gasteiger partial charge in [-0.05, 0) is 41.1 Å². The van der Waals surface area contributed by atoms with E-state index in [1.807, 2.05) is 30.3 Å². The van der Waals surface area contributed by atoms with E-state index in [-0.39, 0.29) is 23.0 Å². The molecule has 0 atom stereocenters. The lowest BCUT2D eigenvalue weighted by atomic mass is 10.0. The zero-order chi connectivity index (χ0) is 20.0. The summed E-state index contributed by atoms with van der Waals surface area (Å²) in [7, 11) is 1.38. The van der Waals surface area contributed by atoms with Gasteiger partial charge in [0.05, 0.1) is 7.11 Å². The van der Waals surface area contributed by atoms with E-state index in [4.69, 9.17) is 13.7 Å². The molecular weight excluding hydrogens is 375 g/mol. The summed E-state index contributed by atoms with van der Waals surface area (Å²) in [6.45, 7) is 0. The maximum atomic E-state index is 14.0. The number of hydrogen-bond acceptors (Lipinski definition) is 6. The van der Waals surface area contributed by atoms with Gasteiger partial charge in [0.15, 0.2) is 11.6 Å². The van der Waals surface area contributed by atoms with Crippen molar-refractivity contribution in [2.24, 2.45) is 0 Å². The van der Waals surface area contributed by atoms with E-state index < -0.39 is 11.4 Å². The molecule has 0 aliphatic rings. The van der Waals surface area contributed by atoms with Crippen LogP contribution in [0.2, 0.25) is 0 Å². The van der Waals surface area contributed by atoms with Gasteiger partial charge < -0.3 is 13.7 Å². The van der Waals surface area contributed by atoms with Gasteiger partial charge >= 0.3 is 5.63 Å². The van der Waals surface area contributed by atoms with Gasteiger partial charge in [-0.1, -0.05) is 35.5 Å². The molecule has 2 aromatic heterocycles. The summed E-state index contributed by atoms with van der Waals surface area (Å²) in [5.74, 6) is -0.286. The average Bonchev–Trinajstić information content (AvgIpc) is 3.23. The molecule has 0 saturated heterocycles. The van der Waals surface area contributed by atoms with Crippen molar-refractivity contribution in [1.29, 1.82) is 0 Å². The molecule has 0 saturated carbocycles. The first-order valence-electron chi connectivity index (χ1n) is 8.77. The summed E-state index contributed by atoms with van der Waals surface area (Å²) in [5, 5.41) is 6.58. The highest BCUT2D eigenvalue weighted by Crippen LogP contribution is 2.29. The minimum absolute atomic E-state index is 0.000176. The molecule has 0 fully saturated rings. The summed E-state index contributed by atoms with van der Waals surface area (Å²) in [6, 6.07) is 17.4. The second-order valence-electron chi connectivity index (χ2n) is 6.42. The van der Waals surface area contributed by atoms with Crippen molar-refractivity contribution < 1.29 is 18.1 Å². The van der Waals surface area contributed by atoms with Crippen LogP contribution in [0.1, 0.15) is 0 Å². The predicted molar refractivity (Wildman–Crippen MR) is 105 cm³/mol. The molecule has 0 unspecified atom stereocenters. The highest BCUT2D eigenvalue weighted by molar-refractivity contribution is 6.06. The second-order valence-corrected chi connectivity index (χ2v) is 6.42. The van der Waals surface area contributed by atoms with E-state index in [2.05, 4.69) is 10.1 Å². The second kappa shape index (κ2) is 6.56. The molecule has 7 heteroatoms. The van der Waals surface area contributed by atoms with Crippen LogP contribution in [0.3, 0.4) is 0 Å². The van der Waals surface area contributed by atoms with E-state index in [1.165, 1.54) is 19.2 Å². The fraction of sp³-hybridized carbons (Fsp3) is 0.0455. The first-order valence-corrected chi connectivity index (χ1v) is 8.77. The van der Waals surface area contributed by atoms with E-state index >= 15 is 0 Å². The largest absolute Gasteiger partial charge is 0.494 e. The molecule has 29 heavy (non-hydrogen) atoms. The molecule has 5 rings (SSSR count). The number of fused-ring (bicyclic) bond motifs is 3. The Hall–Kier alpha value is -4.00. The fourth-order valence-corrected chi connectivity index (χ4v) is 3.28. The van der Waals surface area contributed by atoms with Gasteiger partial charge in [-0.25, -0.2) is 9.18 Å². The van der Waals surface area contributed by atoms with Crippen LogP contribution < -0.4 is 10.4 Å². The number of benzene rings is 3. The van der Waals surface area contributed by atoms with Crippen LogP contribution in [0, 0.1) is 5.82 Å². The Balaban J connectivity index is 1.64. The van der Waals surface area contributed by atoms with Crippen LogP contribution in [-0.4, -0.2) is 17.3 Å². The van der Waals surface area contributed by atoms with Crippen molar-refractivity contribution in [2.45, 2.75) is 0 Å². The summed E-state index contributed by atoms with van der Waals surface area (Å²) in [4.78, 5) is 16.7. The number of methoxy groups -OCH3 is 1. The van der Waals surface area contributed by atoms with Crippen molar-refractivity contribution in [2.75, 3.05) is 7.11 Å². The molecule has 2 heterocycles. The van der Waals surface area contributed by atoms with Crippen molar-refractivity contribution in [3.05, 3.63) is 76.9 Å². The van der Waals surface area contributed by atoms with Crippen molar-refractivity contribution in [3.63, 3.8) is 0 Å². The van der Waals surface area contributed by atoms with Gasteiger partial charge in [0.2, 0.25) is 5.82 Å². The molecule has 5 aromatic rings. The Morgan fingerprint density at radius 3 is 2.69 bits per heavy atom.